The fourth-order valence-corrected chi connectivity index (χ4v) is 3.79. The van der Waals surface area contributed by atoms with Crippen molar-refractivity contribution >= 4 is 5.91 Å². The van der Waals surface area contributed by atoms with E-state index >= 15 is 0 Å². The Hall–Kier alpha value is -1.90. The van der Waals surface area contributed by atoms with Crippen LogP contribution in [0.15, 0.2) is 12.7 Å². The first-order valence-corrected chi connectivity index (χ1v) is 9.87. The van der Waals surface area contributed by atoms with E-state index in [1.807, 2.05) is 27.7 Å². The molecule has 2 unspecified atom stereocenters. The Balaban J connectivity index is 2.11. The second kappa shape index (κ2) is 8.63. The topological polar surface area (TPSA) is 84.7 Å². The number of alkyl halides is 2. The molecule has 0 saturated heterocycles. The zero-order valence-electron chi connectivity index (χ0n) is 17.3. The second-order valence-electron chi connectivity index (χ2n) is 8.54. The summed E-state index contributed by atoms with van der Waals surface area (Å²) in [6, 6.07) is 0. The predicted octanol–water partition coefficient (Wildman–Crippen LogP) is 2.79. The van der Waals surface area contributed by atoms with E-state index in [9.17, 15) is 13.6 Å². The van der Waals surface area contributed by atoms with E-state index in [4.69, 9.17) is 0 Å². The quantitative estimate of drug-likeness (QED) is 0.418. The Labute approximate surface area is 165 Å². The van der Waals surface area contributed by atoms with Gasteiger partial charge in [0, 0.05) is 24.4 Å². The molecule has 2 rings (SSSR count). The fourth-order valence-electron chi connectivity index (χ4n) is 3.79. The molecule has 28 heavy (non-hydrogen) atoms. The molecule has 1 aliphatic rings. The van der Waals surface area contributed by atoms with Crippen molar-refractivity contribution in [3.8, 4) is 0 Å². The van der Waals surface area contributed by atoms with Gasteiger partial charge in [-0.2, -0.15) is 0 Å². The molecule has 0 aliphatic heterocycles. The highest BCUT2D eigenvalue weighted by molar-refractivity contribution is 5.87. The molecule has 2 N–H and O–H groups in total. The maximum Gasteiger partial charge on any atom is 0.251 e. The third-order valence-corrected chi connectivity index (χ3v) is 5.10. The van der Waals surface area contributed by atoms with Gasteiger partial charge in [0.1, 0.15) is 0 Å². The van der Waals surface area contributed by atoms with Gasteiger partial charge in [0.15, 0.2) is 5.82 Å². The molecule has 0 radical (unpaired) electrons. The lowest BCUT2D eigenvalue weighted by Crippen LogP contribution is -2.53. The van der Waals surface area contributed by atoms with Crippen molar-refractivity contribution in [1.82, 2.24) is 30.8 Å². The summed E-state index contributed by atoms with van der Waals surface area (Å²) >= 11 is 0. The summed E-state index contributed by atoms with van der Waals surface area (Å²) in [4.78, 5) is 11.8. The summed E-state index contributed by atoms with van der Waals surface area (Å²) in [5, 5.41) is 18.5. The van der Waals surface area contributed by atoms with Gasteiger partial charge in [-0.05, 0) is 69.5 Å². The van der Waals surface area contributed by atoms with Gasteiger partial charge in [0.25, 0.3) is 5.92 Å². The maximum absolute atomic E-state index is 13.1. The lowest BCUT2D eigenvalue weighted by atomic mass is 9.84. The molecule has 7 nitrogen and oxygen atoms in total. The summed E-state index contributed by atoms with van der Waals surface area (Å²) in [6.45, 7) is 12.6. The summed E-state index contributed by atoms with van der Waals surface area (Å²) in [5.41, 5.74) is -1.19. The Morgan fingerprint density at radius 1 is 1.43 bits per heavy atom. The molecule has 158 valence electrons. The first-order valence-electron chi connectivity index (χ1n) is 9.87. The van der Waals surface area contributed by atoms with Gasteiger partial charge in [0.2, 0.25) is 5.91 Å². The van der Waals surface area contributed by atoms with Crippen molar-refractivity contribution in [2.45, 2.75) is 83.3 Å². The lowest BCUT2D eigenvalue weighted by molar-refractivity contribution is -0.118. The summed E-state index contributed by atoms with van der Waals surface area (Å²) < 4.78 is 28.0. The molecule has 1 aromatic heterocycles. The van der Waals surface area contributed by atoms with Crippen LogP contribution >= 0.6 is 0 Å². The normalized spacial score (nSPS) is 20.4. The van der Waals surface area contributed by atoms with Gasteiger partial charge in [-0.25, -0.2) is 13.5 Å². The summed E-state index contributed by atoms with van der Waals surface area (Å²) in [5.74, 6) is -2.55. The number of rotatable bonds is 12. The maximum atomic E-state index is 13.1. The van der Waals surface area contributed by atoms with Crippen molar-refractivity contribution in [2.75, 3.05) is 6.54 Å². The Bertz CT molecular complexity index is 690. The van der Waals surface area contributed by atoms with Crippen LogP contribution in [0.25, 0.3) is 0 Å². The van der Waals surface area contributed by atoms with Crippen molar-refractivity contribution in [2.24, 2.45) is 5.92 Å². The summed E-state index contributed by atoms with van der Waals surface area (Å²) in [7, 11) is 0. The smallest absolute Gasteiger partial charge is 0.251 e. The van der Waals surface area contributed by atoms with Gasteiger partial charge < -0.3 is 10.6 Å². The molecule has 1 amide bonds. The van der Waals surface area contributed by atoms with Gasteiger partial charge in [0.05, 0.1) is 5.54 Å². The van der Waals surface area contributed by atoms with E-state index in [2.05, 4.69) is 32.7 Å². The van der Waals surface area contributed by atoms with Crippen LogP contribution in [0.3, 0.4) is 0 Å². The molecule has 1 saturated carbocycles. The van der Waals surface area contributed by atoms with E-state index in [1.54, 1.807) is 4.68 Å². The molecular weight excluding hydrogens is 366 g/mol. The average molecular weight is 399 g/mol. The number of carbonyl (C=O) groups is 1. The monoisotopic (exact) mass is 398 g/mol. The van der Waals surface area contributed by atoms with Gasteiger partial charge >= 0.3 is 0 Å². The first-order chi connectivity index (χ1) is 13.0. The summed E-state index contributed by atoms with van der Waals surface area (Å²) in [6.07, 6.45) is 3.77. The number of halogens is 2. The molecule has 1 aliphatic carbocycles. The fraction of sp³-hybridized carbons (Fsp3) is 0.789. The van der Waals surface area contributed by atoms with Crippen molar-refractivity contribution < 1.29 is 13.6 Å². The Kier molecular flexibility index (Phi) is 6.90. The number of hydrogen-bond donors (Lipinski definition) is 2. The van der Waals surface area contributed by atoms with Crippen LogP contribution in [0.2, 0.25) is 0 Å². The van der Waals surface area contributed by atoms with Gasteiger partial charge in [-0.3, -0.25) is 4.79 Å². The van der Waals surface area contributed by atoms with Crippen molar-refractivity contribution in [3.05, 3.63) is 18.5 Å². The second-order valence-corrected chi connectivity index (χ2v) is 8.54. The molecule has 0 spiro atoms. The van der Waals surface area contributed by atoms with Crippen LogP contribution in [0.5, 0.6) is 0 Å². The Morgan fingerprint density at radius 2 is 2.11 bits per heavy atom. The number of hydrogen-bond acceptors (Lipinski definition) is 5. The van der Waals surface area contributed by atoms with Crippen LogP contribution in [0, 0.1) is 5.92 Å². The van der Waals surface area contributed by atoms with Crippen LogP contribution in [-0.2, 0) is 16.9 Å². The standard InChI is InChI=1S/C19H32F2N6O/c1-6-11-27-16(24-25-26-27)18(5,13-17(3,4)23-15(28)7-2)22-10-8-9-14-12-19(14,20)21/h7,14,22H,2,6,8-13H2,1,3-5H3,(H,23,28). The number of aryl methyl sites for hydroxylation is 1. The van der Waals surface area contributed by atoms with Crippen molar-refractivity contribution in [3.63, 3.8) is 0 Å². The zero-order chi connectivity index (χ0) is 21.0. The molecule has 2 atom stereocenters. The highest BCUT2D eigenvalue weighted by atomic mass is 19.3. The number of tetrazole rings is 1. The number of aromatic nitrogens is 4. The van der Waals surface area contributed by atoms with E-state index in [0.29, 0.717) is 38.2 Å². The molecular formula is C19H32F2N6O. The molecule has 9 heteroatoms. The highest BCUT2D eigenvalue weighted by Gasteiger charge is 2.55. The van der Waals surface area contributed by atoms with Crippen LogP contribution in [0.4, 0.5) is 8.78 Å². The molecule has 1 heterocycles. The first kappa shape index (κ1) is 22.4. The van der Waals surface area contributed by atoms with E-state index in [-0.39, 0.29) is 12.3 Å². The van der Waals surface area contributed by atoms with Gasteiger partial charge in [-0.15, -0.1) is 5.10 Å². The molecule has 1 fully saturated rings. The number of amides is 1. The van der Waals surface area contributed by atoms with Crippen LogP contribution < -0.4 is 10.6 Å². The molecule has 0 bridgehead atoms. The number of nitrogens with zero attached hydrogens (tertiary/aromatic N) is 4. The SMILES string of the molecule is C=CC(=O)NC(C)(C)CC(C)(NCCCC1CC1(F)F)c1nnnn1CCC. The minimum atomic E-state index is -2.48. The minimum Gasteiger partial charge on any atom is -0.348 e. The van der Waals surface area contributed by atoms with E-state index in [1.165, 1.54) is 6.08 Å². The van der Waals surface area contributed by atoms with Crippen LogP contribution in [-0.4, -0.2) is 44.1 Å². The highest BCUT2D eigenvalue weighted by Crippen LogP contribution is 2.51. The van der Waals surface area contributed by atoms with Crippen molar-refractivity contribution in [1.29, 1.82) is 0 Å². The molecule has 0 aromatic carbocycles. The average Bonchev–Trinajstić information content (AvgIpc) is 2.97. The zero-order valence-corrected chi connectivity index (χ0v) is 17.3. The van der Waals surface area contributed by atoms with Crippen LogP contribution in [0.1, 0.15) is 65.6 Å². The third kappa shape index (κ3) is 5.80. The van der Waals surface area contributed by atoms with E-state index in [0.717, 1.165) is 6.42 Å². The number of carbonyl (C=O) groups excluding carboxylic acids is 1. The van der Waals surface area contributed by atoms with Gasteiger partial charge in [-0.1, -0.05) is 13.5 Å². The van der Waals surface area contributed by atoms with E-state index < -0.39 is 22.9 Å². The predicted molar refractivity (Wildman–Crippen MR) is 103 cm³/mol. The lowest BCUT2D eigenvalue weighted by Gasteiger charge is -2.38. The Morgan fingerprint density at radius 3 is 2.68 bits per heavy atom. The molecule has 1 aromatic rings. The largest absolute Gasteiger partial charge is 0.348 e. The minimum absolute atomic E-state index is 0.000367. The number of nitrogens with one attached hydrogen (secondary N) is 2. The third-order valence-electron chi connectivity index (χ3n) is 5.10.